The number of hydrogen-bond donors (Lipinski definition) is 2. The SMILES string of the molecule is Cc1ccc2[nH]cc(CC(=O)O)c2n1. The van der Waals surface area contributed by atoms with E-state index in [1.54, 1.807) is 6.20 Å². The van der Waals surface area contributed by atoms with Gasteiger partial charge in [-0.15, -0.1) is 0 Å². The van der Waals surface area contributed by atoms with E-state index >= 15 is 0 Å². The van der Waals surface area contributed by atoms with Crippen molar-refractivity contribution in [2.75, 3.05) is 0 Å². The first-order chi connectivity index (χ1) is 6.66. The number of nitrogens with zero attached hydrogens (tertiary/aromatic N) is 1. The molecule has 0 fully saturated rings. The fourth-order valence-corrected chi connectivity index (χ4v) is 1.45. The van der Waals surface area contributed by atoms with Crippen molar-refractivity contribution in [1.29, 1.82) is 0 Å². The van der Waals surface area contributed by atoms with E-state index in [9.17, 15) is 4.79 Å². The molecule has 0 bridgehead atoms. The van der Waals surface area contributed by atoms with E-state index in [1.807, 2.05) is 19.1 Å². The number of H-pyrrole nitrogens is 1. The summed E-state index contributed by atoms with van der Waals surface area (Å²) in [6.07, 6.45) is 1.71. The summed E-state index contributed by atoms with van der Waals surface area (Å²) in [7, 11) is 0. The lowest BCUT2D eigenvalue weighted by molar-refractivity contribution is -0.136. The Morgan fingerprint density at radius 1 is 1.57 bits per heavy atom. The minimum absolute atomic E-state index is 0.0104. The smallest absolute Gasteiger partial charge is 0.307 e. The number of aromatic amines is 1. The van der Waals surface area contributed by atoms with Crippen LogP contribution in [-0.4, -0.2) is 21.0 Å². The molecule has 72 valence electrons. The summed E-state index contributed by atoms with van der Waals surface area (Å²) < 4.78 is 0. The highest BCUT2D eigenvalue weighted by molar-refractivity contribution is 5.83. The van der Waals surface area contributed by atoms with Gasteiger partial charge in [-0.3, -0.25) is 9.78 Å². The van der Waals surface area contributed by atoms with Crippen LogP contribution in [0.1, 0.15) is 11.3 Å². The average Bonchev–Trinajstić information content (AvgIpc) is 2.47. The molecule has 4 nitrogen and oxygen atoms in total. The summed E-state index contributed by atoms with van der Waals surface area (Å²) in [5, 5.41) is 8.67. The Balaban J connectivity index is 2.55. The molecular formula is C10H10N2O2. The highest BCUT2D eigenvalue weighted by atomic mass is 16.4. The van der Waals surface area contributed by atoms with Crippen molar-refractivity contribution in [3.8, 4) is 0 Å². The average molecular weight is 190 g/mol. The van der Waals surface area contributed by atoms with Gasteiger partial charge in [-0.05, 0) is 19.1 Å². The maximum Gasteiger partial charge on any atom is 0.307 e. The minimum Gasteiger partial charge on any atom is -0.481 e. The van der Waals surface area contributed by atoms with Gasteiger partial charge in [0.05, 0.1) is 17.5 Å². The second kappa shape index (κ2) is 3.14. The Morgan fingerprint density at radius 3 is 3.07 bits per heavy atom. The Morgan fingerprint density at radius 2 is 2.36 bits per heavy atom. The fraction of sp³-hybridized carbons (Fsp3) is 0.200. The van der Waals surface area contributed by atoms with Crippen LogP contribution in [0.25, 0.3) is 11.0 Å². The van der Waals surface area contributed by atoms with Crippen LogP contribution in [0.2, 0.25) is 0 Å². The quantitative estimate of drug-likeness (QED) is 0.754. The topological polar surface area (TPSA) is 66.0 Å². The van der Waals surface area contributed by atoms with Gasteiger partial charge in [-0.1, -0.05) is 0 Å². The summed E-state index contributed by atoms with van der Waals surface area (Å²) in [5.41, 5.74) is 3.26. The van der Waals surface area contributed by atoms with E-state index in [4.69, 9.17) is 5.11 Å². The van der Waals surface area contributed by atoms with Crippen LogP contribution < -0.4 is 0 Å². The molecule has 0 aliphatic heterocycles. The molecule has 2 heterocycles. The van der Waals surface area contributed by atoms with Gasteiger partial charge in [0.1, 0.15) is 0 Å². The van der Waals surface area contributed by atoms with Gasteiger partial charge in [0.25, 0.3) is 0 Å². The summed E-state index contributed by atoms with van der Waals surface area (Å²) in [6, 6.07) is 3.80. The molecule has 0 aliphatic rings. The van der Waals surface area contributed by atoms with Crippen LogP contribution in [-0.2, 0) is 11.2 Å². The summed E-state index contributed by atoms with van der Waals surface area (Å²) in [6.45, 7) is 1.89. The fourth-order valence-electron chi connectivity index (χ4n) is 1.45. The first-order valence-electron chi connectivity index (χ1n) is 4.32. The molecule has 2 aromatic rings. The molecule has 14 heavy (non-hydrogen) atoms. The zero-order valence-corrected chi connectivity index (χ0v) is 7.74. The molecule has 0 aliphatic carbocycles. The number of aliphatic carboxylic acids is 1. The zero-order valence-electron chi connectivity index (χ0n) is 7.74. The normalized spacial score (nSPS) is 10.6. The Hall–Kier alpha value is -1.84. The summed E-state index contributed by atoms with van der Waals surface area (Å²) in [4.78, 5) is 17.8. The minimum atomic E-state index is -0.839. The van der Waals surface area contributed by atoms with Crippen LogP contribution in [0.5, 0.6) is 0 Å². The monoisotopic (exact) mass is 190 g/mol. The van der Waals surface area contributed by atoms with Crippen molar-refractivity contribution < 1.29 is 9.90 Å². The number of aryl methyl sites for hydroxylation is 1. The summed E-state index contributed by atoms with van der Waals surface area (Å²) >= 11 is 0. The lowest BCUT2D eigenvalue weighted by Crippen LogP contribution is -1.99. The molecule has 0 amide bonds. The van der Waals surface area contributed by atoms with Crippen LogP contribution >= 0.6 is 0 Å². The molecule has 0 saturated heterocycles. The van der Waals surface area contributed by atoms with E-state index < -0.39 is 5.97 Å². The number of nitrogens with one attached hydrogen (secondary N) is 1. The lowest BCUT2D eigenvalue weighted by atomic mass is 10.2. The molecule has 0 saturated carbocycles. The maximum atomic E-state index is 10.6. The van der Waals surface area contributed by atoms with Crippen molar-refractivity contribution in [2.24, 2.45) is 0 Å². The number of pyridine rings is 1. The Kier molecular flexibility index (Phi) is 1.96. The highest BCUT2D eigenvalue weighted by Crippen LogP contribution is 2.16. The van der Waals surface area contributed by atoms with Crippen molar-refractivity contribution in [3.63, 3.8) is 0 Å². The molecule has 0 unspecified atom stereocenters. The predicted molar refractivity (Wildman–Crippen MR) is 52.2 cm³/mol. The van der Waals surface area contributed by atoms with Crippen molar-refractivity contribution in [2.45, 2.75) is 13.3 Å². The second-order valence-electron chi connectivity index (χ2n) is 3.23. The lowest BCUT2D eigenvalue weighted by Gasteiger charge is -1.95. The highest BCUT2D eigenvalue weighted by Gasteiger charge is 2.08. The van der Waals surface area contributed by atoms with Gasteiger partial charge < -0.3 is 10.1 Å². The van der Waals surface area contributed by atoms with E-state index in [1.165, 1.54) is 0 Å². The third kappa shape index (κ3) is 1.46. The number of carbonyl (C=O) groups is 1. The molecule has 4 heteroatoms. The molecule has 2 rings (SSSR count). The molecule has 0 spiro atoms. The molecule has 0 aromatic carbocycles. The number of carboxylic acid groups (broad SMARTS) is 1. The molecule has 0 atom stereocenters. The van der Waals surface area contributed by atoms with Crippen LogP contribution in [0.4, 0.5) is 0 Å². The van der Waals surface area contributed by atoms with E-state index in [2.05, 4.69) is 9.97 Å². The van der Waals surface area contributed by atoms with E-state index in [-0.39, 0.29) is 6.42 Å². The number of hydrogen-bond acceptors (Lipinski definition) is 2. The van der Waals surface area contributed by atoms with Gasteiger partial charge in [-0.2, -0.15) is 0 Å². The Labute approximate surface area is 80.6 Å². The van der Waals surface area contributed by atoms with Gasteiger partial charge in [0.15, 0.2) is 0 Å². The number of rotatable bonds is 2. The summed E-state index contributed by atoms with van der Waals surface area (Å²) in [5.74, 6) is -0.839. The standard InChI is InChI=1S/C10H10N2O2/c1-6-2-3-8-10(12-6)7(5-11-8)4-9(13)14/h2-3,5,11H,4H2,1H3,(H,13,14). The third-order valence-corrected chi connectivity index (χ3v) is 2.08. The first kappa shape index (κ1) is 8.74. The third-order valence-electron chi connectivity index (χ3n) is 2.08. The second-order valence-corrected chi connectivity index (χ2v) is 3.23. The molecule has 0 radical (unpaired) electrons. The molecule has 2 N–H and O–H groups in total. The van der Waals surface area contributed by atoms with Gasteiger partial charge >= 0.3 is 5.97 Å². The Bertz CT molecular complexity index is 488. The van der Waals surface area contributed by atoms with Gasteiger partial charge in [-0.25, -0.2) is 0 Å². The zero-order chi connectivity index (χ0) is 10.1. The maximum absolute atomic E-state index is 10.6. The van der Waals surface area contributed by atoms with E-state index in [0.717, 1.165) is 22.3 Å². The number of fused-ring (bicyclic) bond motifs is 1. The van der Waals surface area contributed by atoms with Crippen LogP contribution in [0, 0.1) is 6.92 Å². The van der Waals surface area contributed by atoms with Crippen LogP contribution in [0.3, 0.4) is 0 Å². The number of aromatic nitrogens is 2. The molecular weight excluding hydrogens is 180 g/mol. The predicted octanol–water partition coefficient (Wildman–Crippen LogP) is 1.50. The van der Waals surface area contributed by atoms with Crippen molar-refractivity contribution in [3.05, 3.63) is 29.6 Å². The first-order valence-corrected chi connectivity index (χ1v) is 4.32. The number of carboxylic acids is 1. The largest absolute Gasteiger partial charge is 0.481 e. The van der Waals surface area contributed by atoms with E-state index in [0.29, 0.717) is 0 Å². The van der Waals surface area contributed by atoms with Gasteiger partial charge in [0.2, 0.25) is 0 Å². The van der Waals surface area contributed by atoms with Gasteiger partial charge in [0, 0.05) is 17.5 Å². The van der Waals surface area contributed by atoms with Crippen LogP contribution in [0.15, 0.2) is 18.3 Å². The molecule has 2 aromatic heterocycles. The van der Waals surface area contributed by atoms with Crippen molar-refractivity contribution in [1.82, 2.24) is 9.97 Å². The van der Waals surface area contributed by atoms with Crippen molar-refractivity contribution >= 4 is 17.0 Å².